The Morgan fingerprint density at radius 2 is 1.83 bits per heavy atom. The van der Waals surface area contributed by atoms with Crippen LogP contribution in [0, 0.1) is 0 Å². The first-order chi connectivity index (χ1) is 11.1. The molecule has 2 aromatic heterocycles. The summed E-state index contributed by atoms with van der Waals surface area (Å²) in [7, 11) is 1.83. The van der Waals surface area contributed by atoms with E-state index in [1.54, 1.807) is 28.9 Å². The maximum Gasteiger partial charge on any atom is 0.250 e. The third-order valence-corrected chi connectivity index (χ3v) is 3.09. The van der Waals surface area contributed by atoms with Crippen molar-refractivity contribution >= 4 is 29.0 Å². The predicted molar refractivity (Wildman–Crippen MR) is 86.8 cm³/mol. The number of carbonyl (C=O) groups is 1. The van der Waals surface area contributed by atoms with Gasteiger partial charge in [0.25, 0.3) is 5.91 Å². The van der Waals surface area contributed by atoms with E-state index in [9.17, 15) is 4.79 Å². The van der Waals surface area contributed by atoms with Crippen LogP contribution in [0.3, 0.4) is 0 Å². The number of nitrogens with one attached hydrogen (secondary N) is 2. The summed E-state index contributed by atoms with van der Waals surface area (Å²) in [6, 6.07) is 10.5. The quantitative estimate of drug-likeness (QED) is 0.662. The molecule has 0 saturated heterocycles. The number of para-hydroxylation sites is 1. The molecule has 4 N–H and O–H groups in total. The number of amides is 1. The van der Waals surface area contributed by atoms with E-state index in [0.29, 0.717) is 28.7 Å². The van der Waals surface area contributed by atoms with Gasteiger partial charge in [0.1, 0.15) is 18.0 Å². The van der Waals surface area contributed by atoms with Crippen LogP contribution < -0.4 is 16.4 Å². The molecule has 0 fully saturated rings. The predicted octanol–water partition coefficient (Wildman–Crippen LogP) is 1.80. The van der Waals surface area contributed by atoms with Crippen LogP contribution in [-0.4, -0.2) is 25.7 Å². The van der Waals surface area contributed by atoms with Crippen molar-refractivity contribution < 1.29 is 4.79 Å². The zero-order chi connectivity index (χ0) is 16.2. The number of nitrogens with zero attached hydrogens (tertiary/aromatic N) is 4. The van der Waals surface area contributed by atoms with Crippen LogP contribution in [0.4, 0.5) is 23.1 Å². The van der Waals surface area contributed by atoms with Crippen molar-refractivity contribution in [1.29, 1.82) is 0 Å². The fraction of sp³-hybridized carbons (Fsp3) is 0.0667. The van der Waals surface area contributed by atoms with E-state index in [1.165, 1.54) is 6.33 Å². The third kappa shape index (κ3) is 3.43. The second-order valence-electron chi connectivity index (χ2n) is 4.82. The van der Waals surface area contributed by atoms with Gasteiger partial charge in [-0.15, -0.1) is 0 Å². The first-order valence-corrected chi connectivity index (χ1v) is 6.86. The molecule has 0 saturated carbocycles. The van der Waals surface area contributed by atoms with Gasteiger partial charge in [0.05, 0.1) is 11.3 Å². The number of nitrogens with two attached hydrogens (primary N) is 1. The van der Waals surface area contributed by atoms with Crippen LogP contribution in [0.15, 0.2) is 48.9 Å². The Hall–Kier alpha value is -3.42. The molecule has 0 unspecified atom stereocenters. The van der Waals surface area contributed by atoms with E-state index in [-0.39, 0.29) is 0 Å². The number of hydrogen-bond acceptors (Lipinski definition) is 6. The molecular weight excluding hydrogens is 294 g/mol. The highest BCUT2D eigenvalue weighted by Crippen LogP contribution is 2.21. The van der Waals surface area contributed by atoms with Crippen LogP contribution in [0.5, 0.6) is 0 Å². The average molecular weight is 309 g/mol. The monoisotopic (exact) mass is 309 g/mol. The molecule has 2 heterocycles. The lowest BCUT2D eigenvalue weighted by atomic mass is 10.1. The number of rotatable bonds is 5. The van der Waals surface area contributed by atoms with Gasteiger partial charge in [-0.05, 0) is 12.1 Å². The minimum absolute atomic E-state index is 0.394. The summed E-state index contributed by atoms with van der Waals surface area (Å²) < 4.78 is 1.69. The van der Waals surface area contributed by atoms with Crippen molar-refractivity contribution in [3.8, 4) is 0 Å². The number of benzene rings is 1. The Labute approximate surface area is 132 Å². The molecule has 23 heavy (non-hydrogen) atoms. The molecule has 0 atom stereocenters. The SMILES string of the molecule is Cn1ccc(Nc2cc(Nc3ccccc3C(N)=O)ncn2)n1. The van der Waals surface area contributed by atoms with Gasteiger partial charge >= 0.3 is 0 Å². The average Bonchev–Trinajstić information content (AvgIpc) is 2.93. The van der Waals surface area contributed by atoms with Gasteiger partial charge in [-0.1, -0.05) is 12.1 Å². The van der Waals surface area contributed by atoms with Crippen LogP contribution in [0.2, 0.25) is 0 Å². The minimum atomic E-state index is -0.506. The van der Waals surface area contributed by atoms with E-state index >= 15 is 0 Å². The Morgan fingerprint density at radius 3 is 2.52 bits per heavy atom. The minimum Gasteiger partial charge on any atom is -0.366 e. The van der Waals surface area contributed by atoms with Crippen LogP contribution in [0.25, 0.3) is 0 Å². The van der Waals surface area contributed by atoms with E-state index < -0.39 is 5.91 Å². The van der Waals surface area contributed by atoms with Gasteiger partial charge in [-0.2, -0.15) is 5.10 Å². The largest absolute Gasteiger partial charge is 0.366 e. The molecule has 0 aliphatic heterocycles. The summed E-state index contributed by atoms with van der Waals surface area (Å²) in [5.74, 6) is 1.29. The smallest absolute Gasteiger partial charge is 0.250 e. The van der Waals surface area contributed by atoms with Crippen molar-refractivity contribution in [3.63, 3.8) is 0 Å². The van der Waals surface area contributed by atoms with Crippen molar-refractivity contribution in [1.82, 2.24) is 19.7 Å². The van der Waals surface area contributed by atoms with Gasteiger partial charge in [0.15, 0.2) is 5.82 Å². The normalized spacial score (nSPS) is 10.3. The maximum absolute atomic E-state index is 11.4. The summed E-state index contributed by atoms with van der Waals surface area (Å²) in [5, 5.41) is 10.4. The molecule has 0 spiro atoms. The number of anilines is 4. The van der Waals surface area contributed by atoms with Gasteiger partial charge < -0.3 is 16.4 Å². The highest BCUT2D eigenvalue weighted by Gasteiger charge is 2.08. The van der Waals surface area contributed by atoms with Crippen LogP contribution in [-0.2, 0) is 7.05 Å². The number of primary amides is 1. The van der Waals surface area contributed by atoms with Crippen LogP contribution >= 0.6 is 0 Å². The molecule has 3 rings (SSSR count). The summed E-state index contributed by atoms with van der Waals surface area (Å²) >= 11 is 0. The fourth-order valence-electron chi connectivity index (χ4n) is 2.05. The molecule has 1 aromatic carbocycles. The van der Waals surface area contributed by atoms with Crippen molar-refractivity contribution in [2.75, 3.05) is 10.6 Å². The Morgan fingerprint density at radius 1 is 1.09 bits per heavy atom. The summed E-state index contributed by atoms with van der Waals surface area (Å²) in [4.78, 5) is 19.7. The standard InChI is InChI=1S/C15H15N7O/c1-22-7-6-12(21-22)20-14-8-13(17-9-18-14)19-11-5-3-2-4-10(11)15(16)23/h2-9H,1H3,(H2,16,23)(H2,17,18,19,20,21). The fourth-order valence-corrected chi connectivity index (χ4v) is 2.05. The second-order valence-corrected chi connectivity index (χ2v) is 4.82. The lowest BCUT2D eigenvalue weighted by molar-refractivity contribution is 0.100. The lowest BCUT2D eigenvalue weighted by Gasteiger charge is -2.10. The Balaban J connectivity index is 1.82. The van der Waals surface area contributed by atoms with Crippen molar-refractivity contribution in [2.24, 2.45) is 12.8 Å². The Kier molecular flexibility index (Phi) is 3.88. The first-order valence-electron chi connectivity index (χ1n) is 6.86. The zero-order valence-electron chi connectivity index (χ0n) is 12.4. The molecule has 8 nitrogen and oxygen atoms in total. The van der Waals surface area contributed by atoms with Crippen molar-refractivity contribution in [2.45, 2.75) is 0 Å². The number of hydrogen-bond donors (Lipinski definition) is 3. The van der Waals surface area contributed by atoms with Gasteiger partial charge in [0.2, 0.25) is 0 Å². The Bertz CT molecular complexity index is 843. The van der Waals surface area contributed by atoms with Gasteiger partial charge in [0, 0.05) is 25.4 Å². The second kappa shape index (κ2) is 6.14. The maximum atomic E-state index is 11.4. The number of carbonyl (C=O) groups excluding carboxylic acids is 1. The molecule has 0 aliphatic rings. The number of aromatic nitrogens is 4. The molecule has 0 radical (unpaired) electrons. The highest BCUT2D eigenvalue weighted by atomic mass is 16.1. The van der Waals surface area contributed by atoms with Gasteiger partial charge in [-0.25, -0.2) is 9.97 Å². The van der Waals surface area contributed by atoms with Gasteiger partial charge in [-0.3, -0.25) is 9.48 Å². The zero-order valence-corrected chi connectivity index (χ0v) is 12.4. The lowest BCUT2D eigenvalue weighted by Crippen LogP contribution is -2.13. The third-order valence-electron chi connectivity index (χ3n) is 3.09. The first kappa shape index (κ1) is 14.5. The van der Waals surface area contributed by atoms with E-state index in [1.807, 2.05) is 25.4 Å². The molecule has 0 bridgehead atoms. The van der Waals surface area contributed by atoms with E-state index in [4.69, 9.17) is 5.73 Å². The molecule has 0 aliphatic carbocycles. The molecular formula is C15H15N7O. The molecule has 116 valence electrons. The summed E-state index contributed by atoms with van der Waals surface area (Å²) in [6.07, 6.45) is 3.24. The molecule has 1 amide bonds. The highest BCUT2D eigenvalue weighted by molar-refractivity contribution is 5.99. The molecule has 8 heteroatoms. The molecule has 3 aromatic rings. The summed E-state index contributed by atoms with van der Waals surface area (Å²) in [6.45, 7) is 0. The van der Waals surface area contributed by atoms with E-state index in [2.05, 4.69) is 25.7 Å². The van der Waals surface area contributed by atoms with E-state index in [0.717, 1.165) is 0 Å². The van der Waals surface area contributed by atoms with Crippen molar-refractivity contribution in [3.05, 3.63) is 54.5 Å². The van der Waals surface area contributed by atoms with Crippen LogP contribution in [0.1, 0.15) is 10.4 Å². The summed E-state index contributed by atoms with van der Waals surface area (Å²) in [5.41, 5.74) is 6.35. The topological polar surface area (TPSA) is 111 Å². The number of aryl methyl sites for hydroxylation is 1.